The maximum atomic E-state index is 12.9. The van der Waals surface area contributed by atoms with Crippen LogP contribution in [0.1, 0.15) is 37.2 Å². The number of aromatic nitrogens is 1. The zero-order valence-electron chi connectivity index (χ0n) is 17.0. The van der Waals surface area contributed by atoms with Crippen LogP contribution in [-0.4, -0.2) is 46.3 Å². The lowest BCUT2D eigenvalue weighted by molar-refractivity contribution is -0.384. The molecule has 1 saturated heterocycles. The number of benzene rings is 1. The van der Waals surface area contributed by atoms with Gasteiger partial charge in [-0.2, -0.15) is 0 Å². The van der Waals surface area contributed by atoms with Crippen LogP contribution in [0.3, 0.4) is 0 Å². The first-order valence-corrected chi connectivity index (χ1v) is 10.8. The number of hydrogen-bond acceptors (Lipinski definition) is 7. The Kier molecular flexibility index (Phi) is 6.99. The third-order valence-electron chi connectivity index (χ3n) is 4.82. The Labute approximate surface area is 178 Å². The minimum absolute atomic E-state index is 0.00000421. The smallest absolute Gasteiger partial charge is 0.273 e. The summed E-state index contributed by atoms with van der Waals surface area (Å²) < 4.78 is 0. The van der Waals surface area contributed by atoms with E-state index in [0.29, 0.717) is 42.1 Å². The third-order valence-corrected chi connectivity index (χ3v) is 5.57. The normalized spacial score (nSPS) is 16.4. The van der Waals surface area contributed by atoms with E-state index < -0.39 is 4.92 Å². The molecule has 3 rings (SSSR count). The van der Waals surface area contributed by atoms with Crippen LogP contribution in [0.5, 0.6) is 0 Å². The van der Waals surface area contributed by atoms with E-state index in [-0.39, 0.29) is 23.4 Å². The Morgan fingerprint density at radius 3 is 2.73 bits per heavy atom. The van der Waals surface area contributed by atoms with Gasteiger partial charge in [-0.3, -0.25) is 19.7 Å². The van der Waals surface area contributed by atoms with Crippen molar-refractivity contribution in [1.29, 1.82) is 0 Å². The standard InChI is InChI=1S/C20H25N5O4S/c1-13(2)10-21-18(26)14-4-3-9-24(11-14)19(27)17-12-30-20(23-17)22-15-5-7-16(8-6-15)25(28)29/h5-8,12-14H,3-4,9-11H2,1-2H3,(H,21,26)(H,22,23). The number of nitrogens with one attached hydrogen (secondary N) is 2. The molecule has 0 radical (unpaired) electrons. The van der Waals surface area contributed by atoms with Gasteiger partial charge >= 0.3 is 0 Å². The van der Waals surface area contributed by atoms with E-state index in [0.717, 1.165) is 12.8 Å². The highest BCUT2D eigenvalue weighted by Crippen LogP contribution is 2.25. The second-order valence-corrected chi connectivity index (χ2v) is 8.55. The van der Waals surface area contributed by atoms with Gasteiger partial charge in [-0.25, -0.2) is 4.98 Å². The third kappa shape index (κ3) is 5.53. The lowest BCUT2D eigenvalue weighted by atomic mass is 9.96. The number of nitro benzene ring substituents is 1. The van der Waals surface area contributed by atoms with Gasteiger partial charge in [0.05, 0.1) is 10.8 Å². The van der Waals surface area contributed by atoms with E-state index in [2.05, 4.69) is 15.6 Å². The topological polar surface area (TPSA) is 117 Å². The van der Waals surface area contributed by atoms with Gasteiger partial charge in [0.25, 0.3) is 11.6 Å². The summed E-state index contributed by atoms with van der Waals surface area (Å²) in [5, 5.41) is 18.9. The maximum Gasteiger partial charge on any atom is 0.273 e. The Hall–Kier alpha value is -3.01. The molecule has 1 aliphatic heterocycles. The van der Waals surface area contributed by atoms with Crippen molar-refractivity contribution in [2.75, 3.05) is 25.0 Å². The number of carbonyl (C=O) groups excluding carboxylic acids is 2. The molecular formula is C20H25N5O4S. The number of carbonyl (C=O) groups is 2. The fourth-order valence-corrected chi connectivity index (χ4v) is 3.91. The molecule has 0 saturated carbocycles. The van der Waals surface area contributed by atoms with Crippen LogP contribution in [0.4, 0.5) is 16.5 Å². The van der Waals surface area contributed by atoms with Gasteiger partial charge < -0.3 is 15.5 Å². The van der Waals surface area contributed by atoms with Crippen LogP contribution < -0.4 is 10.6 Å². The van der Waals surface area contributed by atoms with Gasteiger partial charge in [0.2, 0.25) is 5.91 Å². The minimum Gasteiger partial charge on any atom is -0.356 e. The van der Waals surface area contributed by atoms with Crippen molar-refractivity contribution >= 4 is 39.7 Å². The lowest BCUT2D eigenvalue weighted by Crippen LogP contribution is -2.46. The second-order valence-electron chi connectivity index (χ2n) is 7.70. The summed E-state index contributed by atoms with van der Waals surface area (Å²) in [7, 11) is 0. The molecule has 0 bridgehead atoms. The quantitative estimate of drug-likeness (QED) is 0.512. The fraction of sp³-hybridized carbons (Fsp3) is 0.450. The summed E-state index contributed by atoms with van der Waals surface area (Å²) in [6, 6.07) is 5.98. The molecule has 0 spiro atoms. The Morgan fingerprint density at radius 2 is 2.07 bits per heavy atom. The summed E-state index contributed by atoms with van der Waals surface area (Å²) >= 11 is 1.28. The second kappa shape index (κ2) is 9.66. The van der Waals surface area contributed by atoms with Gasteiger partial charge in [0.1, 0.15) is 5.69 Å². The summed E-state index contributed by atoms with van der Waals surface area (Å²) in [4.78, 5) is 41.5. The number of thiazole rings is 1. The monoisotopic (exact) mass is 431 g/mol. The Morgan fingerprint density at radius 1 is 1.33 bits per heavy atom. The number of hydrogen-bond donors (Lipinski definition) is 2. The number of amides is 2. The first kappa shape index (κ1) is 21.7. The number of likely N-dealkylation sites (tertiary alicyclic amines) is 1. The van der Waals surface area contributed by atoms with Crippen LogP contribution in [0.15, 0.2) is 29.6 Å². The van der Waals surface area contributed by atoms with Gasteiger partial charge in [-0.05, 0) is 30.9 Å². The molecule has 1 unspecified atom stereocenters. The van der Waals surface area contributed by atoms with Crippen LogP contribution in [-0.2, 0) is 4.79 Å². The predicted molar refractivity (Wildman–Crippen MR) is 115 cm³/mol. The van der Waals surface area contributed by atoms with E-state index in [1.165, 1.54) is 23.5 Å². The van der Waals surface area contributed by atoms with Gasteiger partial charge in [-0.1, -0.05) is 13.8 Å². The highest BCUT2D eigenvalue weighted by molar-refractivity contribution is 7.14. The summed E-state index contributed by atoms with van der Waals surface area (Å²) in [6.07, 6.45) is 1.56. The average molecular weight is 432 g/mol. The number of nitro groups is 1. The van der Waals surface area contributed by atoms with E-state index >= 15 is 0 Å². The fourth-order valence-electron chi connectivity index (χ4n) is 3.21. The first-order chi connectivity index (χ1) is 14.3. The van der Waals surface area contributed by atoms with Crippen molar-refractivity contribution in [2.24, 2.45) is 11.8 Å². The van der Waals surface area contributed by atoms with Crippen molar-refractivity contribution in [2.45, 2.75) is 26.7 Å². The van der Waals surface area contributed by atoms with Crippen LogP contribution in [0, 0.1) is 22.0 Å². The van der Waals surface area contributed by atoms with Crippen molar-refractivity contribution in [3.8, 4) is 0 Å². The molecule has 1 fully saturated rings. The molecule has 9 nitrogen and oxygen atoms in total. The van der Waals surface area contributed by atoms with Crippen LogP contribution >= 0.6 is 11.3 Å². The number of nitrogens with zero attached hydrogens (tertiary/aromatic N) is 3. The number of non-ortho nitro benzene ring substituents is 1. The van der Waals surface area contributed by atoms with E-state index in [4.69, 9.17) is 0 Å². The predicted octanol–water partition coefficient (Wildman–Crippen LogP) is 3.42. The zero-order chi connectivity index (χ0) is 21.7. The van der Waals surface area contributed by atoms with Crippen molar-refractivity contribution < 1.29 is 14.5 Å². The van der Waals surface area contributed by atoms with E-state index in [9.17, 15) is 19.7 Å². The van der Waals surface area contributed by atoms with Crippen molar-refractivity contribution in [3.05, 3.63) is 45.5 Å². The molecule has 1 aromatic carbocycles. The SMILES string of the molecule is CC(C)CNC(=O)C1CCCN(C(=O)c2csc(Nc3ccc([N+](=O)[O-])cc3)n2)C1. The molecule has 2 N–H and O–H groups in total. The van der Waals surface area contributed by atoms with Crippen molar-refractivity contribution in [1.82, 2.24) is 15.2 Å². The summed E-state index contributed by atoms with van der Waals surface area (Å²) in [5.74, 6) is -0.00545. The molecule has 2 heterocycles. The molecule has 1 aromatic heterocycles. The Balaban J connectivity index is 1.59. The molecule has 1 atom stereocenters. The molecule has 160 valence electrons. The molecule has 1 aliphatic rings. The minimum atomic E-state index is -0.459. The van der Waals surface area contributed by atoms with Gasteiger partial charge in [-0.15, -0.1) is 11.3 Å². The summed E-state index contributed by atoms with van der Waals surface area (Å²) in [6.45, 7) is 5.72. The number of piperidine rings is 1. The maximum absolute atomic E-state index is 12.9. The molecule has 2 amide bonds. The summed E-state index contributed by atoms with van der Waals surface area (Å²) in [5.41, 5.74) is 0.981. The van der Waals surface area contributed by atoms with Crippen LogP contribution in [0.2, 0.25) is 0 Å². The number of rotatable bonds is 7. The lowest BCUT2D eigenvalue weighted by Gasteiger charge is -2.31. The molecule has 30 heavy (non-hydrogen) atoms. The van der Waals surface area contributed by atoms with Crippen LogP contribution in [0.25, 0.3) is 0 Å². The largest absolute Gasteiger partial charge is 0.356 e. The van der Waals surface area contributed by atoms with E-state index in [1.807, 2.05) is 13.8 Å². The van der Waals surface area contributed by atoms with Crippen molar-refractivity contribution in [3.63, 3.8) is 0 Å². The highest BCUT2D eigenvalue weighted by Gasteiger charge is 2.29. The number of anilines is 2. The zero-order valence-corrected chi connectivity index (χ0v) is 17.8. The molecule has 0 aliphatic carbocycles. The Bertz CT molecular complexity index is 912. The molecule has 10 heteroatoms. The van der Waals surface area contributed by atoms with E-state index in [1.54, 1.807) is 22.4 Å². The van der Waals surface area contributed by atoms with Gasteiger partial charge in [0.15, 0.2) is 5.13 Å². The molecule has 2 aromatic rings. The highest BCUT2D eigenvalue weighted by atomic mass is 32.1. The van der Waals surface area contributed by atoms with Gasteiger partial charge in [0, 0.05) is 42.8 Å². The average Bonchev–Trinajstić information content (AvgIpc) is 3.20. The first-order valence-electron chi connectivity index (χ1n) is 9.87. The molecular weight excluding hydrogens is 406 g/mol.